The van der Waals surface area contributed by atoms with Crippen LogP contribution in [0.25, 0.3) is 6.08 Å². The van der Waals surface area contributed by atoms with E-state index in [1.54, 1.807) is 11.3 Å². The fourth-order valence-electron chi connectivity index (χ4n) is 1.15. The van der Waals surface area contributed by atoms with Crippen LogP contribution in [0, 0.1) is 6.92 Å². The summed E-state index contributed by atoms with van der Waals surface area (Å²) in [5.74, 6) is 0. The normalized spacial score (nSPS) is 14.1. The van der Waals surface area contributed by atoms with Crippen LogP contribution >= 0.6 is 11.3 Å². The third kappa shape index (κ3) is 3.09. The second-order valence-corrected chi connectivity index (χ2v) is 4.37. The van der Waals surface area contributed by atoms with Gasteiger partial charge in [0.2, 0.25) is 0 Å². The van der Waals surface area contributed by atoms with E-state index in [1.165, 1.54) is 0 Å². The van der Waals surface area contributed by atoms with Crippen molar-refractivity contribution in [3.63, 3.8) is 0 Å². The van der Waals surface area contributed by atoms with Crippen molar-refractivity contribution in [3.8, 4) is 0 Å². The highest BCUT2D eigenvalue weighted by Crippen LogP contribution is 2.13. The zero-order valence-electron chi connectivity index (χ0n) is 8.66. The molecule has 1 atom stereocenters. The van der Waals surface area contributed by atoms with Gasteiger partial charge in [0.25, 0.3) is 0 Å². The minimum absolute atomic E-state index is 0.0644. The summed E-state index contributed by atoms with van der Waals surface area (Å²) in [6.07, 6.45) is 4.69. The zero-order valence-corrected chi connectivity index (χ0v) is 9.47. The van der Waals surface area contributed by atoms with Crippen LogP contribution in [-0.4, -0.2) is 11.0 Å². The summed E-state index contributed by atoms with van der Waals surface area (Å²) in [6, 6.07) is 0.0644. The molecule has 2 N–H and O–H groups in total. The number of aromatic nitrogens is 1. The fourth-order valence-corrected chi connectivity index (χ4v) is 1.72. The summed E-state index contributed by atoms with van der Waals surface area (Å²) in [5, 5.41) is 3.13. The summed E-state index contributed by atoms with van der Waals surface area (Å²) in [7, 11) is 0. The Balaban J connectivity index is 2.72. The van der Waals surface area contributed by atoms with E-state index < -0.39 is 0 Å². The number of nitrogens with two attached hydrogens (primary N) is 1. The van der Waals surface area contributed by atoms with Gasteiger partial charge >= 0.3 is 0 Å². The molecule has 0 aromatic carbocycles. The summed E-state index contributed by atoms with van der Waals surface area (Å²) in [4.78, 5) is 4.35. The topological polar surface area (TPSA) is 38.9 Å². The average molecular weight is 208 g/mol. The lowest BCUT2D eigenvalue weighted by molar-refractivity contribution is 0.789. The van der Waals surface area contributed by atoms with E-state index in [4.69, 9.17) is 5.73 Å². The van der Waals surface area contributed by atoms with Gasteiger partial charge in [0.1, 0.15) is 0 Å². The Morgan fingerprint density at radius 3 is 3.00 bits per heavy atom. The van der Waals surface area contributed by atoms with Gasteiger partial charge in [-0.3, -0.25) is 0 Å². The predicted molar refractivity (Wildman–Crippen MR) is 63.3 cm³/mol. The number of hydrogen-bond acceptors (Lipinski definition) is 3. The molecule has 0 aliphatic carbocycles. The lowest BCUT2D eigenvalue weighted by Gasteiger charge is -2.08. The molecule has 0 spiro atoms. The number of thiazole rings is 1. The molecule has 1 aromatic heterocycles. The summed E-state index contributed by atoms with van der Waals surface area (Å²) >= 11 is 1.65. The summed E-state index contributed by atoms with van der Waals surface area (Å²) in [6.45, 7) is 7.71. The van der Waals surface area contributed by atoms with Gasteiger partial charge in [-0.15, -0.1) is 17.9 Å². The molecule has 76 valence electrons. The average Bonchev–Trinajstić information content (AvgIpc) is 2.51. The Labute approximate surface area is 89.2 Å². The molecule has 0 aliphatic heterocycles. The quantitative estimate of drug-likeness (QED) is 0.773. The van der Waals surface area contributed by atoms with E-state index in [-0.39, 0.29) is 6.04 Å². The Hall–Kier alpha value is -0.930. The smallest absolute Gasteiger partial charge is 0.0901 e. The van der Waals surface area contributed by atoms with Gasteiger partial charge < -0.3 is 5.73 Å². The summed E-state index contributed by atoms with van der Waals surface area (Å²) in [5.41, 5.74) is 8.07. The Morgan fingerprint density at radius 2 is 2.50 bits per heavy atom. The maximum absolute atomic E-state index is 5.92. The van der Waals surface area contributed by atoms with Crippen LogP contribution in [0.15, 0.2) is 23.6 Å². The van der Waals surface area contributed by atoms with Crippen molar-refractivity contribution < 1.29 is 0 Å². The molecule has 0 saturated heterocycles. The molecule has 3 heteroatoms. The number of hydrogen-bond donors (Lipinski definition) is 1. The molecule has 14 heavy (non-hydrogen) atoms. The first-order chi connectivity index (χ1) is 6.63. The monoisotopic (exact) mass is 208 g/mol. The van der Waals surface area contributed by atoms with E-state index in [9.17, 15) is 0 Å². The third-order valence-corrected chi connectivity index (χ3v) is 2.81. The van der Waals surface area contributed by atoms with Crippen LogP contribution in [0.3, 0.4) is 0 Å². The standard InChI is InChI=1S/C11H16N2S/c1-4-5-11(12)8(2)6-10-7-14-9(3)13-10/h4,6-7,11H,1,5,12H2,2-3H3/t11-/m0/s1. The van der Waals surface area contributed by atoms with Gasteiger partial charge in [0.05, 0.1) is 10.7 Å². The first kappa shape index (κ1) is 11.1. The highest BCUT2D eigenvalue weighted by molar-refractivity contribution is 7.09. The van der Waals surface area contributed by atoms with E-state index in [2.05, 4.69) is 11.6 Å². The highest BCUT2D eigenvalue weighted by Gasteiger charge is 2.03. The molecule has 1 heterocycles. The Bertz CT molecular complexity index is 339. The molecule has 0 aliphatic rings. The lowest BCUT2D eigenvalue weighted by atomic mass is 10.1. The zero-order chi connectivity index (χ0) is 10.6. The van der Waals surface area contributed by atoms with Crippen LogP contribution in [0.2, 0.25) is 0 Å². The van der Waals surface area contributed by atoms with E-state index >= 15 is 0 Å². The number of rotatable bonds is 4. The minimum atomic E-state index is 0.0644. The van der Waals surface area contributed by atoms with Crippen molar-refractivity contribution in [3.05, 3.63) is 34.3 Å². The molecule has 0 radical (unpaired) electrons. The van der Waals surface area contributed by atoms with Gasteiger partial charge in [-0.2, -0.15) is 0 Å². The molecular weight excluding hydrogens is 192 g/mol. The van der Waals surface area contributed by atoms with Crippen LogP contribution < -0.4 is 5.73 Å². The van der Waals surface area contributed by atoms with Crippen molar-refractivity contribution in [2.24, 2.45) is 5.73 Å². The second-order valence-electron chi connectivity index (χ2n) is 3.31. The minimum Gasteiger partial charge on any atom is -0.324 e. The van der Waals surface area contributed by atoms with Crippen molar-refractivity contribution >= 4 is 17.4 Å². The van der Waals surface area contributed by atoms with Gasteiger partial charge in [0.15, 0.2) is 0 Å². The molecule has 0 saturated carbocycles. The molecule has 0 fully saturated rings. The molecule has 0 amide bonds. The van der Waals surface area contributed by atoms with Crippen LogP contribution in [0.4, 0.5) is 0 Å². The largest absolute Gasteiger partial charge is 0.324 e. The van der Waals surface area contributed by atoms with Gasteiger partial charge in [-0.05, 0) is 26.3 Å². The van der Waals surface area contributed by atoms with Crippen LogP contribution in [0.5, 0.6) is 0 Å². The fraction of sp³-hybridized carbons (Fsp3) is 0.364. The van der Waals surface area contributed by atoms with Crippen molar-refractivity contribution in [1.29, 1.82) is 0 Å². The van der Waals surface area contributed by atoms with Crippen LogP contribution in [-0.2, 0) is 0 Å². The van der Waals surface area contributed by atoms with Crippen molar-refractivity contribution in [1.82, 2.24) is 4.98 Å². The van der Waals surface area contributed by atoms with E-state index in [1.807, 2.05) is 31.4 Å². The molecule has 0 bridgehead atoms. The first-order valence-corrected chi connectivity index (χ1v) is 5.48. The highest BCUT2D eigenvalue weighted by atomic mass is 32.1. The lowest BCUT2D eigenvalue weighted by Crippen LogP contribution is -2.19. The second kappa shape index (κ2) is 5.08. The Morgan fingerprint density at radius 1 is 1.79 bits per heavy atom. The molecule has 2 nitrogen and oxygen atoms in total. The molecule has 1 aromatic rings. The van der Waals surface area contributed by atoms with Gasteiger partial charge in [-0.25, -0.2) is 4.98 Å². The molecule has 0 unspecified atom stereocenters. The van der Waals surface area contributed by atoms with Crippen molar-refractivity contribution in [2.45, 2.75) is 26.3 Å². The maximum atomic E-state index is 5.92. The first-order valence-electron chi connectivity index (χ1n) is 4.60. The number of nitrogens with zero attached hydrogens (tertiary/aromatic N) is 1. The van der Waals surface area contributed by atoms with Crippen molar-refractivity contribution in [2.75, 3.05) is 0 Å². The Kier molecular flexibility index (Phi) is 4.04. The predicted octanol–water partition coefficient (Wildman–Crippen LogP) is 2.76. The third-order valence-electron chi connectivity index (χ3n) is 2.02. The van der Waals surface area contributed by atoms with Crippen LogP contribution in [0.1, 0.15) is 24.0 Å². The van der Waals surface area contributed by atoms with E-state index in [0.29, 0.717) is 0 Å². The molecule has 1 rings (SSSR count). The molecular formula is C11H16N2S. The van der Waals surface area contributed by atoms with Gasteiger partial charge in [-0.1, -0.05) is 11.6 Å². The summed E-state index contributed by atoms with van der Waals surface area (Å²) < 4.78 is 0. The van der Waals surface area contributed by atoms with Gasteiger partial charge in [0, 0.05) is 11.4 Å². The SMILES string of the molecule is C=CC[C@H](N)C(C)=Cc1csc(C)n1. The number of aryl methyl sites for hydroxylation is 1. The maximum Gasteiger partial charge on any atom is 0.0901 e. The van der Waals surface area contributed by atoms with E-state index in [0.717, 1.165) is 22.7 Å².